The Balaban J connectivity index is 1.64. The van der Waals surface area contributed by atoms with Crippen LogP contribution in [0.4, 0.5) is 15.2 Å². The SMILES string of the molecule is O=S(Nc1nccs1)c1cc(Cl)c(NCCC2(O)CCCC2)cc1F. The van der Waals surface area contributed by atoms with Crippen LogP contribution in [0.25, 0.3) is 0 Å². The fourth-order valence-corrected chi connectivity index (χ4v) is 4.80. The van der Waals surface area contributed by atoms with Gasteiger partial charge in [0.05, 0.1) is 21.2 Å². The summed E-state index contributed by atoms with van der Waals surface area (Å²) in [4.78, 5) is 3.93. The number of aliphatic hydroxyl groups is 1. The maximum atomic E-state index is 14.3. The highest BCUT2D eigenvalue weighted by Crippen LogP contribution is 2.33. The maximum absolute atomic E-state index is 14.3. The fraction of sp³-hybridized carbons (Fsp3) is 0.438. The second-order valence-corrected chi connectivity index (χ2v) is 8.56. The number of benzene rings is 1. The van der Waals surface area contributed by atoms with Crippen LogP contribution in [0.15, 0.2) is 28.6 Å². The Bertz CT molecular complexity index is 752. The van der Waals surface area contributed by atoms with Crippen LogP contribution in [0.3, 0.4) is 0 Å². The number of rotatable bonds is 7. The summed E-state index contributed by atoms with van der Waals surface area (Å²) >= 11 is 7.47. The van der Waals surface area contributed by atoms with Gasteiger partial charge in [0.25, 0.3) is 0 Å². The quantitative estimate of drug-likeness (QED) is 0.648. The van der Waals surface area contributed by atoms with Crippen molar-refractivity contribution >= 4 is 44.7 Å². The van der Waals surface area contributed by atoms with Gasteiger partial charge in [-0.1, -0.05) is 24.4 Å². The van der Waals surface area contributed by atoms with E-state index in [0.29, 0.717) is 23.8 Å². The minimum atomic E-state index is -1.79. The van der Waals surface area contributed by atoms with Gasteiger partial charge in [-0.2, -0.15) is 0 Å². The van der Waals surface area contributed by atoms with E-state index in [-0.39, 0.29) is 9.92 Å². The summed E-state index contributed by atoms with van der Waals surface area (Å²) in [7, 11) is -1.79. The van der Waals surface area contributed by atoms with Crippen LogP contribution in [-0.4, -0.2) is 26.4 Å². The molecule has 0 radical (unpaired) electrons. The topological polar surface area (TPSA) is 74.2 Å². The molecule has 25 heavy (non-hydrogen) atoms. The van der Waals surface area contributed by atoms with E-state index in [2.05, 4.69) is 15.0 Å². The van der Waals surface area contributed by atoms with E-state index in [1.165, 1.54) is 23.5 Å². The number of thiazole rings is 1. The second-order valence-electron chi connectivity index (χ2n) is 6.08. The number of nitrogens with zero attached hydrogens (tertiary/aromatic N) is 1. The lowest BCUT2D eigenvalue weighted by Crippen LogP contribution is -2.27. The molecule has 0 amide bonds. The van der Waals surface area contributed by atoms with E-state index >= 15 is 0 Å². The van der Waals surface area contributed by atoms with Crippen LogP contribution in [-0.2, 0) is 11.0 Å². The third-order valence-electron chi connectivity index (χ3n) is 4.27. The van der Waals surface area contributed by atoms with E-state index in [9.17, 15) is 13.7 Å². The normalized spacial score (nSPS) is 17.4. The smallest absolute Gasteiger partial charge is 0.194 e. The lowest BCUT2D eigenvalue weighted by atomic mass is 9.98. The van der Waals surface area contributed by atoms with Crippen molar-refractivity contribution < 1.29 is 13.7 Å². The highest BCUT2D eigenvalue weighted by Gasteiger charge is 2.30. The molecule has 9 heteroatoms. The lowest BCUT2D eigenvalue weighted by molar-refractivity contribution is 0.0424. The molecule has 1 aromatic carbocycles. The van der Waals surface area contributed by atoms with Gasteiger partial charge in [0, 0.05) is 18.1 Å². The van der Waals surface area contributed by atoms with Crippen molar-refractivity contribution in [2.24, 2.45) is 0 Å². The molecule has 0 spiro atoms. The van der Waals surface area contributed by atoms with Crippen molar-refractivity contribution in [1.82, 2.24) is 4.98 Å². The van der Waals surface area contributed by atoms with Crippen LogP contribution < -0.4 is 10.0 Å². The molecule has 1 aliphatic rings. The first kappa shape index (κ1) is 18.6. The summed E-state index contributed by atoms with van der Waals surface area (Å²) in [6.45, 7) is 0.495. The number of halogens is 2. The Morgan fingerprint density at radius 2 is 2.16 bits per heavy atom. The maximum Gasteiger partial charge on any atom is 0.194 e. The van der Waals surface area contributed by atoms with Gasteiger partial charge >= 0.3 is 0 Å². The standard InChI is InChI=1S/C16H19ClFN3O2S2/c17-11-9-14(25(23)21-15-20-7-8-24-15)12(18)10-13(11)19-6-5-16(22)3-1-2-4-16/h7-10,19,22H,1-6H2,(H,20,21). The third kappa shape index (κ3) is 4.69. The summed E-state index contributed by atoms with van der Waals surface area (Å²) < 4.78 is 29.2. The van der Waals surface area contributed by atoms with Gasteiger partial charge in [-0.3, -0.25) is 4.72 Å². The zero-order chi connectivity index (χ0) is 17.9. The zero-order valence-electron chi connectivity index (χ0n) is 13.4. The Morgan fingerprint density at radius 1 is 1.40 bits per heavy atom. The number of hydrogen-bond donors (Lipinski definition) is 3. The van der Waals surface area contributed by atoms with Crippen LogP contribution in [0.5, 0.6) is 0 Å². The fourth-order valence-electron chi connectivity index (χ4n) is 2.93. The minimum absolute atomic E-state index is 0.0276. The highest BCUT2D eigenvalue weighted by atomic mass is 35.5. The average Bonchev–Trinajstić information content (AvgIpc) is 3.22. The van der Waals surface area contributed by atoms with Gasteiger partial charge in [-0.15, -0.1) is 11.3 Å². The Hall–Kier alpha value is -1.22. The summed E-state index contributed by atoms with van der Waals surface area (Å²) in [5.74, 6) is -0.617. The molecule has 1 aromatic heterocycles. The lowest BCUT2D eigenvalue weighted by Gasteiger charge is -2.22. The molecule has 1 aliphatic carbocycles. The monoisotopic (exact) mass is 403 g/mol. The van der Waals surface area contributed by atoms with Gasteiger partial charge in [0.2, 0.25) is 0 Å². The largest absolute Gasteiger partial charge is 0.390 e. The number of anilines is 2. The number of nitrogens with one attached hydrogen (secondary N) is 2. The van der Waals surface area contributed by atoms with Crippen LogP contribution >= 0.6 is 22.9 Å². The molecule has 3 rings (SSSR count). The van der Waals surface area contributed by atoms with Gasteiger partial charge in [-0.25, -0.2) is 13.6 Å². The summed E-state index contributed by atoms with van der Waals surface area (Å²) in [6, 6.07) is 2.58. The molecule has 0 aliphatic heterocycles. The Morgan fingerprint density at radius 3 is 2.84 bits per heavy atom. The van der Waals surface area contributed by atoms with Crippen molar-refractivity contribution in [2.45, 2.75) is 42.6 Å². The third-order valence-corrected chi connectivity index (χ3v) is 6.50. The predicted molar refractivity (Wildman–Crippen MR) is 100 cm³/mol. The van der Waals surface area contributed by atoms with Gasteiger partial charge in [-0.05, 0) is 31.4 Å². The van der Waals surface area contributed by atoms with Crippen molar-refractivity contribution in [3.63, 3.8) is 0 Å². The van der Waals surface area contributed by atoms with Crippen LogP contribution in [0.1, 0.15) is 32.1 Å². The second kappa shape index (κ2) is 7.99. The molecule has 1 heterocycles. The summed E-state index contributed by atoms with van der Waals surface area (Å²) in [5.41, 5.74) is -0.201. The van der Waals surface area contributed by atoms with Crippen molar-refractivity contribution in [2.75, 3.05) is 16.6 Å². The van der Waals surface area contributed by atoms with Crippen molar-refractivity contribution in [1.29, 1.82) is 0 Å². The molecule has 2 aromatic rings. The van der Waals surface area contributed by atoms with Gasteiger partial charge in [0.15, 0.2) is 16.1 Å². The Labute approximate surface area is 157 Å². The molecule has 136 valence electrons. The van der Waals surface area contributed by atoms with E-state index in [1.54, 1.807) is 11.6 Å². The van der Waals surface area contributed by atoms with Gasteiger partial charge in [0.1, 0.15) is 5.82 Å². The van der Waals surface area contributed by atoms with Crippen LogP contribution in [0, 0.1) is 5.82 Å². The molecular weight excluding hydrogens is 385 g/mol. The Kier molecular flexibility index (Phi) is 5.93. The van der Waals surface area contributed by atoms with E-state index < -0.39 is 22.4 Å². The van der Waals surface area contributed by atoms with Crippen molar-refractivity contribution in [3.8, 4) is 0 Å². The number of hydrogen-bond acceptors (Lipinski definition) is 5. The molecule has 0 bridgehead atoms. The minimum Gasteiger partial charge on any atom is -0.390 e. The highest BCUT2D eigenvalue weighted by molar-refractivity contribution is 7.86. The summed E-state index contributed by atoms with van der Waals surface area (Å²) in [5, 5.41) is 15.8. The molecule has 0 saturated heterocycles. The molecule has 1 saturated carbocycles. The van der Waals surface area contributed by atoms with E-state index in [0.717, 1.165) is 25.7 Å². The van der Waals surface area contributed by atoms with Crippen molar-refractivity contribution in [3.05, 3.63) is 34.5 Å². The predicted octanol–water partition coefficient (Wildman–Crippen LogP) is 4.18. The summed E-state index contributed by atoms with van der Waals surface area (Å²) in [6.07, 6.45) is 5.84. The average molecular weight is 404 g/mol. The molecule has 5 nitrogen and oxygen atoms in total. The first-order valence-electron chi connectivity index (χ1n) is 8.00. The van der Waals surface area contributed by atoms with Gasteiger partial charge < -0.3 is 10.4 Å². The molecule has 1 fully saturated rings. The van der Waals surface area contributed by atoms with Crippen LogP contribution in [0.2, 0.25) is 5.02 Å². The van der Waals surface area contributed by atoms with E-state index in [1.807, 2.05) is 0 Å². The molecular formula is C16H19ClFN3O2S2. The number of aromatic nitrogens is 1. The van der Waals surface area contributed by atoms with E-state index in [4.69, 9.17) is 11.6 Å². The molecule has 1 atom stereocenters. The first-order valence-corrected chi connectivity index (χ1v) is 10.4. The molecule has 1 unspecified atom stereocenters. The zero-order valence-corrected chi connectivity index (χ0v) is 15.8. The first-order chi connectivity index (χ1) is 12.0. The molecule has 3 N–H and O–H groups in total.